The molecule has 0 saturated carbocycles. The minimum absolute atomic E-state index is 0.0804. The summed E-state index contributed by atoms with van der Waals surface area (Å²) in [6.45, 7) is 4.57. The van der Waals surface area contributed by atoms with Crippen LogP contribution in [0.15, 0.2) is 18.5 Å². The third kappa shape index (κ3) is 3.98. The van der Waals surface area contributed by atoms with Crippen LogP contribution in [-0.4, -0.2) is 16.1 Å². The van der Waals surface area contributed by atoms with Gasteiger partial charge in [0.25, 0.3) is 0 Å². The van der Waals surface area contributed by atoms with Gasteiger partial charge in [0.05, 0.1) is 6.20 Å². The van der Waals surface area contributed by atoms with Crippen LogP contribution < -0.4 is 5.32 Å². The number of nitrogens with one attached hydrogen (secondary N) is 1. The van der Waals surface area contributed by atoms with E-state index in [2.05, 4.69) is 15.5 Å². The van der Waals surface area contributed by atoms with Crippen molar-refractivity contribution in [1.29, 1.82) is 0 Å². The molecule has 0 bridgehead atoms. The minimum Gasteiger partial charge on any atom is -0.352 e. The molecule has 1 N–H and O–H groups in total. The van der Waals surface area contributed by atoms with E-state index in [0.29, 0.717) is 18.9 Å². The van der Waals surface area contributed by atoms with E-state index in [1.165, 1.54) is 0 Å². The fourth-order valence-corrected chi connectivity index (χ4v) is 1.07. The predicted octanol–water partition coefficient (Wildman–Crippen LogP) is 1.14. The highest BCUT2D eigenvalue weighted by Crippen LogP contribution is 1.99. The van der Waals surface area contributed by atoms with E-state index >= 15 is 0 Å². The van der Waals surface area contributed by atoms with Gasteiger partial charge in [0.2, 0.25) is 5.91 Å². The van der Waals surface area contributed by atoms with E-state index < -0.39 is 0 Å². The molecule has 0 fully saturated rings. The number of amides is 1. The number of rotatable bonds is 4. The summed E-state index contributed by atoms with van der Waals surface area (Å²) in [5.41, 5.74) is 0.970. The summed E-state index contributed by atoms with van der Waals surface area (Å²) in [6, 6.07) is 1.84. The van der Waals surface area contributed by atoms with Crippen molar-refractivity contribution in [3.05, 3.63) is 24.0 Å². The average molecular weight is 193 g/mol. The molecule has 76 valence electrons. The largest absolute Gasteiger partial charge is 0.352 e. The molecule has 14 heavy (non-hydrogen) atoms. The van der Waals surface area contributed by atoms with Crippen molar-refractivity contribution in [1.82, 2.24) is 15.5 Å². The number of carbonyl (C=O) groups is 1. The van der Waals surface area contributed by atoms with Gasteiger partial charge in [-0.15, -0.1) is 0 Å². The second kappa shape index (κ2) is 5.32. The zero-order chi connectivity index (χ0) is 10.4. The van der Waals surface area contributed by atoms with Crippen LogP contribution in [0.5, 0.6) is 0 Å². The molecule has 1 amide bonds. The Morgan fingerprint density at radius 3 is 2.86 bits per heavy atom. The molecule has 1 heterocycles. The lowest BCUT2D eigenvalue weighted by atomic mass is 10.1. The maximum absolute atomic E-state index is 11.3. The molecule has 0 spiro atoms. The van der Waals surface area contributed by atoms with Gasteiger partial charge in [0.15, 0.2) is 0 Å². The molecular weight excluding hydrogens is 178 g/mol. The molecule has 0 aliphatic heterocycles. The van der Waals surface area contributed by atoms with Crippen LogP contribution in [0, 0.1) is 5.92 Å². The van der Waals surface area contributed by atoms with Gasteiger partial charge in [-0.05, 0) is 17.5 Å². The zero-order valence-electron chi connectivity index (χ0n) is 8.53. The fraction of sp³-hybridized carbons (Fsp3) is 0.500. The van der Waals surface area contributed by atoms with E-state index in [1.54, 1.807) is 12.4 Å². The fourth-order valence-electron chi connectivity index (χ4n) is 1.07. The first-order chi connectivity index (χ1) is 6.68. The Hall–Kier alpha value is -1.45. The zero-order valence-corrected chi connectivity index (χ0v) is 8.53. The Balaban J connectivity index is 2.31. The quantitative estimate of drug-likeness (QED) is 0.780. The van der Waals surface area contributed by atoms with Crippen molar-refractivity contribution < 1.29 is 4.79 Å². The second-order valence-corrected chi connectivity index (χ2v) is 3.63. The topological polar surface area (TPSA) is 54.9 Å². The van der Waals surface area contributed by atoms with E-state index in [9.17, 15) is 4.79 Å². The van der Waals surface area contributed by atoms with E-state index in [4.69, 9.17) is 0 Å². The maximum Gasteiger partial charge on any atom is 0.220 e. The molecular formula is C10H15N3O. The third-order valence-electron chi connectivity index (χ3n) is 1.73. The summed E-state index contributed by atoms with van der Waals surface area (Å²) in [5.74, 6) is 0.474. The van der Waals surface area contributed by atoms with Crippen LogP contribution in [0.4, 0.5) is 0 Å². The molecule has 4 heteroatoms. The highest BCUT2D eigenvalue weighted by atomic mass is 16.1. The van der Waals surface area contributed by atoms with Crippen molar-refractivity contribution in [2.75, 3.05) is 0 Å². The van der Waals surface area contributed by atoms with Crippen molar-refractivity contribution in [2.45, 2.75) is 26.8 Å². The Labute approximate surface area is 83.7 Å². The highest BCUT2D eigenvalue weighted by Gasteiger charge is 2.03. The van der Waals surface area contributed by atoms with Gasteiger partial charge in [0, 0.05) is 19.2 Å². The van der Waals surface area contributed by atoms with E-state index in [-0.39, 0.29) is 5.91 Å². The Morgan fingerprint density at radius 1 is 1.50 bits per heavy atom. The van der Waals surface area contributed by atoms with Crippen molar-refractivity contribution in [2.24, 2.45) is 5.92 Å². The minimum atomic E-state index is 0.0804. The first-order valence-corrected chi connectivity index (χ1v) is 4.70. The van der Waals surface area contributed by atoms with Crippen LogP contribution in [0.1, 0.15) is 25.8 Å². The van der Waals surface area contributed by atoms with Crippen LogP contribution >= 0.6 is 0 Å². The summed E-state index contributed by atoms with van der Waals surface area (Å²) in [4.78, 5) is 11.3. The molecule has 0 unspecified atom stereocenters. The SMILES string of the molecule is CC(C)CC(=O)NCc1ccnnc1. The van der Waals surface area contributed by atoms with E-state index in [0.717, 1.165) is 5.56 Å². The molecule has 1 rings (SSSR count). The lowest BCUT2D eigenvalue weighted by Crippen LogP contribution is -2.23. The number of carbonyl (C=O) groups excluding carboxylic acids is 1. The summed E-state index contributed by atoms with van der Waals surface area (Å²) < 4.78 is 0. The van der Waals surface area contributed by atoms with Crippen molar-refractivity contribution >= 4 is 5.91 Å². The lowest BCUT2D eigenvalue weighted by molar-refractivity contribution is -0.121. The van der Waals surface area contributed by atoms with Gasteiger partial charge in [-0.25, -0.2) is 0 Å². The normalized spacial score (nSPS) is 10.2. The molecule has 4 nitrogen and oxygen atoms in total. The Morgan fingerprint density at radius 2 is 2.29 bits per heavy atom. The molecule has 0 atom stereocenters. The van der Waals surface area contributed by atoms with Gasteiger partial charge in [0.1, 0.15) is 0 Å². The van der Waals surface area contributed by atoms with E-state index in [1.807, 2.05) is 19.9 Å². The van der Waals surface area contributed by atoms with Gasteiger partial charge >= 0.3 is 0 Å². The number of nitrogens with zero attached hydrogens (tertiary/aromatic N) is 2. The van der Waals surface area contributed by atoms with Gasteiger partial charge in [-0.2, -0.15) is 10.2 Å². The number of hydrogen-bond donors (Lipinski definition) is 1. The Bertz CT molecular complexity index is 285. The van der Waals surface area contributed by atoms with Crippen molar-refractivity contribution in [3.8, 4) is 0 Å². The Kier molecular flexibility index (Phi) is 4.04. The molecule has 0 aliphatic carbocycles. The second-order valence-electron chi connectivity index (χ2n) is 3.63. The van der Waals surface area contributed by atoms with Gasteiger partial charge in [-0.1, -0.05) is 13.8 Å². The standard InChI is InChI=1S/C10H15N3O/c1-8(2)5-10(14)11-6-9-3-4-12-13-7-9/h3-4,7-8H,5-6H2,1-2H3,(H,11,14). The van der Waals surface area contributed by atoms with Gasteiger partial charge < -0.3 is 5.32 Å². The molecule has 1 aromatic rings. The first-order valence-electron chi connectivity index (χ1n) is 4.70. The van der Waals surface area contributed by atoms with Crippen LogP contribution in [0.3, 0.4) is 0 Å². The number of aromatic nitrogens is 2. The summed E-state index contributed by atoms with van der Waals surface area (Å²) in [5, 5.41) is 10.2. The summed E-state index contributed by atoms with van der Waals surface area (Å²) in [6.07, 6.45) is 3.83. The summed E-state index contributed by atoms with van der Waals surface area (Å²) >= 11 is 0. The van der Waals surface area contributed by atoms with Crippen molar-refractivity contribution in [3.63, 3.8) is 0 Å². The van der Waals surface area contributed by atoms with Crippen LogP contribution in [0.25, 0.3) is 0 Å². The predicted molar refractivity (Wildman–Crippen MR) is 53.3 cm³/mol. The lowest BCUT2D eigenvalue weighted by Gasteiger charge is -2.06. The van der Waals surface area contributed by atoms with Gasteiger partial charge in [-0.3, -0.25) is 4.79 Å². The molecule has 1 aromatic heterocycles. The highest BCUT2D eigenvalue weighted by molar-refractivity contribution is 5.75. The monoisotopic (exact) mass is 193 g/mol. The van der Waals surface area contributed by atoms with Crippen LogP contribution in [0.2, 0.25) is 0 Å². The summed E-state index contributed by atoms with van der Waals surface area (Å²) in [7, 11) is 0. The molecule has 0 saturated heterocycles. The molecule has 0 aromatic carbocycles. The molecule has 0 radical (unpaired) electrons. The smallest absolute Gasteiger partial charge is 0.220 e. The maximum atomic E-state index is 11.3. The number of hydrogen-bond acceptors (Lipinski definition) is 3. The average Bonchev–Trinajstić information content (AvgIpc) is 2.15. The third-order valence-corrected chi connectivity index (χ3v) is 1.73. The molecule has 0 aliphatic rings. The first kappa shape index (κ1) is 10.6. The van der Waals surface area contributed by atoms with Crippen LogP contribution in [-0.2, 0) is 11.3 Å².